The molecule has 33 heavy (non-hydrogen) atoms. The van der Waals surface area contributed by atoms with Gasteiger partial charge in [-0.05, 0) is 50.3 Å². The minimum atomic E-state index is -1.21. The number of fused-ring (bicyclic) bond motifs is 1. The number of carbonyl (C=O) groups is 3. The number of carboxylic acid groups (broad SMARTS) is 1. The van der Waals surface area contributed by atoms with Crippen LogP contribution in [0.25, 0.3) is 0 Å². The summed E-state index contributed by atoms with van der Waals surface area (Å²) in [6, 6.07) is 4.21. The molecule has 3 saturated heterocycles. The molecule has 0 saturated carbocycles. The van der Waals surface area contributed by atoms with Crippen LogP contribution in [0.15, 0.2) is 30.9 Å². The molecule has 8 heteroatoms. The third kappa shape index (κ3) is 3.38. The number of anilines is 1. The molecule has 3 aliphatic heterocycles. The van der Waals surface area contributed by atoms with E-state index in [9.17, 15) is 24.6 Å². The van der Waals surface area contributed by atoms with Crippen LogP contribution < -0.4 is 4.90 Å². The zero-order valence-electron chi connectivity index (χ0n) is 19.4. The molecule has 1 aromatic carbocycles. The van der Waals surface area contributed by atoms with E-state index in [-0.39, 0.29) is 19.1 Å². The van der Waals surface area contributed by atoms with Crippen molar-refractivity contribution in [2.75, 3.05) is 18.1 Å². The molecule has 3 aliphatic rings. The number of aliphatic hydroxyl groups is 1. The van der Waals surface area contributed by atoms with Crippen molar-refractivity contribution >= 4 is 23.5 Å². The Morgan fingerprint density at radius 1 is 1.39 bits per heavy atom. The number of aliphatic hydroxyl groups excluding tert-OH is 1. The fourth-order valence-corrected chi connectivity index (χ4v) is 6.05. The maximum absolute atomic E-state index is 14.3. The van der Waals surface area contributed by atoms with Crippen molar-refractivity contribution in [3.8, 4) is 0 Å². The molecule has 0 aromatic heterocycles. The van der Waals surface area contributed by atoms with Gasteiger partial charge in [-0.15, -0.1) is 6.58 Å². The molecule has 3 heterocycles. The van der Waals surface area contributed by atoms with Gasteiger partial charge in [-0.25, -0.2) is 0 Å². The first kappa shape index (κ1) is 23.4. The lowest BCUT2D eigenvalue weighted by Gasteiger charge is -2.39. The Balaban J connectivity index is 1.85. The van der Waals surface area contributed by atoms with Gasteiger partial charge in [0.25, 0.3) is 5.91 Å². The second-order valence-electron chi connectivity index (χ2n) is 9.41. The molecule has 4 rings (SSSR count). The van der Waals surface area contributed by atoms with Gasteiger partial charge in [0.15, 0.2) is 0 Å². The van der Waals surface area contributed by atoms with Crippen LogP contribution in [0.3, 0.4) is 0 Å². The van der Waals surface area contributed by atoms with Gasteiger partial charge in [-0.1, -0.05) is 25.1 Å². The highest BCUT2D eigenvalue weighted by atomic mass is 16.5. The zero-order valence-corrected chi connectivity index (χ0v) is 19.4. The Labute approximate surface area is 193 Å². The van der Waals surface area contributed by atoms with Gasteiger partial charge in [0, 0.05) is 12.2 Å². The van der Waals surface area contributed by atoms with Crippen LogP contribution in [0.2, 0.25) is 0 Å². The van der Waals surface area contributed by atoms with Crippen LogP contribution >= 0.6 is 0 Å². The summed E-state index contributed by atoms with van der Waals surface area (Å²) in [4.78, 5) is 43.1. The first-order valence-corrected chi connectivity index (χ1v) is 11.5. The normalized spacial score (nSPS) is 30.9. The summed E-state index contributed by atoms with van der Waals surface area (Å²) in [6.45, 7) is 9.41. The fourth-order valence-electron chi connectivity index (χ4n) is 6.05. The fraction of sp³-hybridized carbons (Fsp3) is 0.560. The van der Waals surface area contributed by atoms with Gasteiger partial charge < -0.3 is 24.7 Å². The molecule has 3 fully saturated rings. The van der Waals surface area contributed by atoms with Gasteiger partial charge in [0.2, 0.25) is 5.91 Å². The van der Waals surface area contributed by atoms with Crippen molar-refractivity contribution in [1.29, 1.82) is 0 Å². The quantitative estimate of drug-likeness (QED) is 0.580. The van der Waals surface area contributed by atoms with E-state index in [1.165, 1.54) is 4.90 Å². The second kappa shape index (κ2) is 8.57. The number of likely N-dealkylation sites (tertiary alicyclic amines) is 1. The molecule has 1 aromatic rings. The number of carbonyl (C=O) groups excluding carboxylic acids is 2. The molecule has 2 N–H and O–H groups in total. The van der Waals surface area contributed by atoms with Crippen molar-refractivity contribution in [2.45, 2.75) is 63.8 Å². The van der Waals surface area contributed by atoms with Crippen molar-refractivity contribution in [3.05, 3.63) is 42.0 Å². The van der Waals surface area contributed by atoms with Crippen molar-refractivity contribution in [2.24, 2.45) is 11.8 Å². The lowest BCUT2D eigenvalue weighted by atomic mass is 9.70. The number of nitrogens with zero attached hydrogens (tertiary/aromatic N) is 2. The Bertz CT molecular complexity index is 989. The van der Waals surface area contributed by atoms with Gasteiger partial charge in [-0.3, -0.25) is 14.4 Å². The van der Waals surface area contributed by atoms with Gasteiger partial charge >= 0.3 is 5.97 Å². The average molecular weight is 457 g/mol. The number of hydrogen-bond acceptors (Lipinski definition) is 5. The lowest BCUT2D eigenvalue weighted by molar-refractivity contribution is -0.151. The van der Waals surface area contributed by atoms with Gasteiger partial charge in [0.05, 0.1) is 30.6 Å². The largest absolute Gasteiger partial charge is 0.481 e. The smallest absolute Gasteiger partial charge is 0.310 e. The number of amides is 2. The third-order valence-electron chi connectivity index (χ3n) is 7.57. The van der Waals surface area contributed by atoms with Crippen molar-refractivity contribution in [1.82, 2.24) is 4.90 Å². The summed E-state index contributed by atoms with van der Waals surface area (Å²) in [6.07, 6.45) is 2.39. The highest BCUT2D eigenvalue weighted by Gasteiger charge is 2.75. The minimum absolute atomic E-state index is 0.226. The molecule has 8 nitrogen and oxygen atoms in total. The number of aliphatic carboxylic acids is 1. The Kier molecular flexibility index (Phi) is 6.09. The lowest BCUT2D eigenvalue weighted by Crippen LogP contribution is -2.59. The monoisotopic (exact) mass is 456 g/mol. The Morgan fingerprint density at radius 2 is 2.12 bits per heavy atom. The first-order valence-electron chi connectivity index (χ1n) is 11.5. The number of hydrogen-bond donors (Lipinski definition) is 2. The van der Waals surface area contributed by atoms with E-state index in [0.717, 1.165) is 11.1 Å². The molecular formula is C25H32N2O6. The van der Waals surface area contributed by atoms with E-state index >= 15 is 0 Å². The highest BCUT2D eigenvalue weighted by molar-refractivity contribution is 6.05. The Morgan fingerprint density at radius 3 is 2.73 bits per heavy atom. The summed E-state index contributed by atoms with van der Waals surface area (Å²) in [5.41, 5.74) is 1.39. The van der Waals surface area contributed by atoms with E-state index in [1.807, 2.05) is 39.0 Å². The van der Waals surface area contributed by atoms with Crippen LogP contribution in [0, 0.1) is 25.7 Å². The number of benzene rings is 1. The summed E-state index contributed by atoms with van der Waals surface area (Å²) >= 11 is 0. The molecule has 2 bridgehead atoms. The molecule has 0 unspecified atom stereocenters. The van der Waals surface area contributed by atoms with E-state index in [1.54, 1.807) is 11.0 Å². The summed E-state index contributed by atoms with van der Waals surface area (Å²) in [7, 11) is 0. The van der Waals surface area contributed by atoms with E-state index in [2.05, 4.69) is 6.58 Å². The van der Waals surface area contributed by atoms with Crippen LogP contribution in [0.4, 0.5) is 5.69 Å². The predicted molar refractivity (Wildman–Crippen MR) is 122 cm³/mol. The average Bonchev–Trinajstić information content (AvgIpc) is 3.42. The third-order valence-corrected chi connectivity index (χ3v) is 7.57. The van der Waals surface area contributed by atoms with E-state index < -0.39 is 47.5 Å². The molecule has 0 aliphatic carbocycles. The van der Waals surface area contributed by atoms with Crippen LogP contribution in [-0.4, -0.2) is 69.8 Å². The molecule has 2 amide bonds. The first-order chi connectivity index (χ1) is 15.7. The molecule has 178 valence electrons. The molecule has 6 atom stereocenters. The SMILES string of the molecule is C=CCN(C(=O)[C@H]1N([C@@H](CC)CO)C(=O)[C@@H]2[C@@H](C(=O)O)[C@H]3CC[C@]21O3)c1cc(C)ccc1C. The topological polar surface area (TPSA) is 107 Å². The zero-order chi connectivity index (χ0) is 24.1. The molecular weight excluding hydrogens is 424 g/mol. The standard InChI is InChI=1S/C25H32N2O6/c1-5-11-26(17-12-14(3)7-8-15(17)4)23(30)21-25-10-9-18(33-25)19(24(31)32)20(25)22(29)27(21)16(6-2)13-28/h5,7-8,12,16,18-21,28H,1,6,9-11,13H2,2-4H3,(H,31,32)/t16-,18+,19-,20-,21+,25-/m0/s1. The molecule has 1 spiro atoms. The van der Waals surface area contributed by atoms with Crippen molar-refractivity contribution in [3.63, 3.8) is 0 Å². The minimum Gasteiger partial charge on any atom is -0.481 e. The highest BCUT2D eigenvalue weighted by Crippen LogP contribution is 2.59. The van der Waals surface area contributed by atoms with E-state index in [4.69, 9.17) is 4.74 Å². The van der Waals surface area contributed by atoms with E-state index in [0.29, 0.717) is 24.9 Å². The summed E-state index contributed by atoms with van der Waals surface area (Å²) in [5, 5.41) is 19.9. The summed E-state index contributed by atoms with van der Waals surface area (Å²) < 4.78 is 6.25. The maximum atomic E-state index is 14.3. The number of aryl methyl sites for hydroxylation is 2. The van der Waals surface area contributed by atoms with Crippen LogP contribution in [0.1, 0.15) is 37.3 Å². The number of rotatable bonds is 8. The van der Waals surface area contributed by atoms with Crippen LogP contribution in [0.5, 0.6) is 0 Å². The van der Waals surface area contributed by atoms with Crippen LogP contribution in [-0.2, 0) is 19.1 Å². The van der Waals surface area contributed by atoms with Gasteiger partial charge in [0.1, 0.15) is 11.6 Å². The molecule has 0 radical (unpaired) electrons. The van der Waals surface area contributed by atoms with Crippen molar-refractivity contribution < 1.29 is 29.3 Å². The summed E-state index contributed by atoms with van der Waals surface area (Å²) in [5.74, 6) is -3.76. The Hall–Kier alpha value is -2.71. The number of carboxylic acids is 1. The predicted octanol–water partition coefficient (Wildman–Crippen LogP) is 2.05. The second-order valence-corrected chi connectivity index (χ2v) is 9.41. The van der Waals surface area contributed by atoms with Gasteiger partial charge in [-0.2, -0.15) is 0 Å². The maximum Gasteiger partial charge on any atom is 0.310 e. The number of ether oxygens (including phenoxy) is 1.